The van der Waals surface area contributed by atoms with Gasteiger partial charge in [-0.2, -0.15) is 0 Å². The highest BCUT2D eigenvalue weighted by atomic mass is 35.5. The maximum absolute atomic E-state index is 11.6. The van der Waals surface area contributed by atoms with Gasteiger partial charge < -0.3 is 15.7 Å². The minimum Gasteiger partial charge on any atom is -0.480 e. The number of hydrogen-bond acceptors (Lipinski definition) is 2. The highest BCUT2D eigenvalue weighted by Crippen LogP contribution is 2.09. The van der Waals surface area contributed by atoms with Crippen molar-refractivity contribution in [1.82, 2.24) is 10.6 Å². The van der Waals surface area contributed by atoms with Crippen molar-refractivity contribution in [2.75, 3.05) is 0 Å². The number of aliphatic carboxylic acids is 1. The Labute approximate surface area is 117 Å². The Morgan fingerprint density at radius 3 is 2.32 bits per heavy atom. The lowest BCUT2D eigenvalue weighted by Crippen LogP contribution is -2.48. The number of urea groups is 1. The predicted octanol–water partition coefficient (Wildman–Crippen LogP) is 2.25. The molecular weight excluding hydrogens is 268 g/mol. The van der Waals surface area contributed by atoms with Crippen LogP contribution in [0.1, 0.15) is 19.4 Å². The van der Waals surface area contributed by atoms with E-state index < -0.39 is 18.0 Å². The molecule has 0 radical (unpaired) electrons. The largest absolute Gasteiger partial charge is 0.480 e. The van der Waals surface area contributed by atoms with Gasteiger partial charge in [-0.05, 0) is 23.6 Å². The molecule has 3 N–H and O–H groups in total. The molecule has 0 aliphatic heterocycles. The van der Waals surface area contributed by atoms with E-state index in [1.165, 1.54) is 0 Å². The molecule has 0 heterocycles. The minimum atomic E-state index is -1.04. The molecule has 0 aliphatic rings. The van der Waals surface area contributed by atoms with Gasteiger partial charge in [-0.15, -0.1) is 0 Å². The predicted molar refractivity (Wildman–Crippen MR) is 73.1 cm³/mol. The summed E-state index contributed by atoms with van der Waals surface area (Å²) in [6.45, 7) is 3.78. The number of benzene rings is 1. The first-order chi connectivity index (χ1) is 8.90. The molecule has 5 nitrogen and oxygen atoms in total. The zero-order valence-electron chi connectivity index (χ0n) is 10.8. The van der Waals surface area contributed by atoms with Gasteiger partial charge in [0, 0.05) is 11.6 Å². The Bertz CT molecular complexity index is 446. The number of rotatable bonds is 5. The van der Waals surface area contributed by atoms with Crippen LogP contribution >= 0.6 is 11.6 Å². The monoisotopic (exact) mass is 284 g/mol. The molecule has 1 aromatic carbocycles. The van der Waals surface area contributed by atoms with Crippen LogP contribution in [0, 0.1) is 5.92 Å². The molecule has 1 rings (SSSR count). The van der Waals surface area contributed by atoms with E-state index in [2.05, 4.69) is 10.6 Å². The third-order valence-electron chi connectivity index (χ3n) is 2.59. The first kappa shape index (κ1) is 15.3. The molecule has 0 spiro atoms. The molecular formula is C13H17ClN2O3. The van der Waals surface area contributed by atoms with Crippen molar-refractivity contribution < 1.29 is 14.7 Å². The van der Waals surface area contributed by atoms with E-state index in [4.69, 9.17) is 16.7 Å². The molecule has 104 valence electrons. The van der Waals surface area contributed by atoms with Crippen molar-refractivity contribution in [3.05, 3.63) is 34.9 Å². The molecule has 2 amide bonds. The van der Waals surface area contributed by atoms with Gasteiger partial charge in [0.25, 0.3) is 0 Å². The molecule has 0 saturated heterocycles. The molecule has 0 aromatic heterocycles. The summed E-state index contributed by atoms with van der Waals surface area (Å²) in [6.07, 6.45) is 0. The van der Waals surface area contributed by atoms with E-state index in [-0.39, 0.29) is 5.92 Å². The van der Waals surface area contributed by atoms with Crippen molar-refractivity contribution in [2.24, 2.45) is 5.92 Å². The SMILES string of the molecule is CC(C)[C@@H](NC(=O)NCc1ccc(Cl)cc1)C(=O)O. The fourth-order valence-electron chi connectivity index (χ4n) is 1.49. The lowest BCUT2D eigenvalue weighted by Gasteiger charge is -2.18. The van der Waals surface area contributed by atoms with E-state index in [9.17, 15) is 9.59 Å². The summed E-state index contributed by atoms with van der Waals surface area (Å²) >= 11 is 5.75. The van der Waals surface area contributed by atoms with E-state index in [0.717, 1.165) is 5.56 Å². The molecule has 1 atom stereocenters. The average molecular weight is 285 g/mol. The molecule has 0 aliphatic carbocycles. The normalized spacial score (nSPS) is 12.0. The minimum absolute atomic E-state index is 0.182. The number of hydrogen-bond donors (Lipinski definition) is 3. The van der Waals surface area contributed by atoms with Crippen LogP contribution in [-0.4, -0.2) is 23.1 Å². The van der Waals surface area contributed by atoms with Gasteiger partial charge in [0.1, 0.15) is 6.04 Å². The first-order valence-corrected chi connectivity index (χ1v) is 6.29. The summed E-state index contributed by atoms with van der Waals surface area (Å²) in [5.74, 6) is -1.23. The third kappa shape index (κ3) is 5.18. The Morgan fingerprint density at radius 2 is 1.84 bits per heavy atom. The fraction of sp³-hybridized carbons (Fsp3) is 0.385. The summed E-state index contributed by atoms with van der Waals surface area (Å²) in [5.41, 5.74) is 0.885. The van der Waals surface area contributed by atoms with Crippen LogP contribution in [0.4, 0.5) is 4.79 Å². The van der Waals surface area contributed by atoms with Crippen LogP contribution in [-0.2, 0) is 11.3 Å². The lowest BCUT2D eigenvalue weighted by molar-refractivity contribution is -0.140. The van der Waals surface area contributed by atoms with Crippen LogP contribution in [0.15, 0.2) is 24.3 Å². The molecule has 6 heteroatoms. The second-order valence-electron chi connectivity index (χ2n) is 4.51. The smallest absolute Gasteiger partial charge is 0.326 e. The molecule has 19 heavy (non-hydrogen) atoms. The molecule has 1 aromatic rings. The first-order valence-electron chi connectivity index (χ1n) is 5.91. The zero-order chi connectivity index (χ0) is 14.4. The van der Waals surface area contributed by atoms with Gasteiger partial charge in [-0.1, -0.05) is 37.6 Å². The van der Waals surface area contributed by atoms with Crippen molar-refractivity contribution in [3.8, 4) is 0 Å². The maximum Gasteiger partial charge on any atom is 0.326 e. The van der Waals surface area contributed by atoms with Crippen LogP contribution in [0.2, 0.25) is 5.02 Å². The van der Waals surface area contributed by atoms with Gasteiger partial charge in [-0.25, -0.2) is 9.59 Å². The summed E-state index contributed by atoms with van der Waals surface area (Å²) in [6, 6.07) is 5.63. The number of amides is 2. The Balaban J connectivity index is 2.47. The molecule has 0 saturated carbocycles. The van der Waals surface area contributed by atoms with Crippen LogP contribution in [0.3, 0.4) is 0 Å². The molecule has 0 fully saturated rings. The quantitative estimate of drug-likeness (QED) is 0.776. The van der Waals surface area contributed by atoms with Gasteiger partial charge >= 0.3 is 12.0 Å². The molecule has 0 unspecified atom stereocenters. The zero-order valence-corrected chi connectivity index (χ0v) is 11.6. The van der Waals surface area contributed by atoms with Gasteiger partial charge in [-0.3, -0.25) is 0 Å². The summed E-state index contributed by atoms with van der Waals surface area (Å²) in [4.78, 5) is 22.5. The van der Waals surface area contributed by atoms with E-state index in [1.807, 2.05) is 0 Å². The van der Waals surface area contributed by atoms with Crippen molar-refractivity contribution in [1.29, 1.82) is 0 Å². The van der Waals surface area contributed by atoms with Gasteiger partial charge in [0.15, 0.2) is 0 Å². The number of carboxylic acid groups (broad SMARTS) is 1. The third-order valence-corrected chi connectivity index (χ3v) is 2.84. The van der Waals surface area contributed by atoms with Gasteiger partial charge in [0.05, 0.1) is 0 Å². The van der Waals surface area contributed by atoms with Crippen molar-refractivity contribution in [2.45, 2.75) is 26.4 Å². The Kier molecular flexibility index (Phi) is 5.63. The van der Waals surface area contributed by atoms with E-state index in [0.29, 0.717) is 11.6 Å². The standard InChI is InChI=1S/C13H17ClN2O3/c1-8(2)11(12(17)18)16-13(19)15-7-9-3-5-10(14)6-4-9/h3-6,8,11H,7H2,1-2H3,(H,17,18)(H2,15,16,19)/t11-/m1/s1. The highest BCUT2D eigenvalue weighted by Gasteiger charge is 2.23. The fourth-order valence-corrected chi connectivity index (χ4v) is 1.62. The second kappa shape index (κ2) is 6.99. The Hall–Kier alpha value is -1.75. The van der Waals surface area contributed by atoms with Crippen LogP contribution < -0.4 is 10.6 Å². The average Bonchev–Trinajstić information content (AvgIpc) is 2.34. The number of carbonyl (C=O) groups excluding carboxylic acids is 1. The summed E-state index contributed by atoms with van der Waals surface area (Å²) < 4.78 is 0. The summed E-state index contributed by atoms with van der Waals surface area (Å²) in [7, 11) is 0. The summed E-state index contributed by atoms with van der Waals surface area (Å²) in [5, 5.41) is 14.6. The lowest BCUT2D eigenvalue weighted by atomic mass is 10.1. The number of carboxylic acids is 1. The number of nitrogens with one attached hydrogen (secondary N) is 2. The Morgan fingerprint density at radius 1 is 1.26 bits per heavy atom. The van der Waals surface area contributed by atoms with E-state index >= 15 is 0 Å². The number of carbonyl (C=O) groups is 2. The molecule has 0 bridgehead atoms. The highest BCUT2D eigenvalue weighted by molar-refractivity contribution is 6.30. The van der Waals surface area contributed by atoms with Crippen molar-refractivity contribution in [3.63, 3.8) is 0 Å². The van der Waals surface area contributed by atoms with E-state index in [1.54, 1.807) is 38.1 Å². The van der Waals surface area contributed by atoms with Crippen LogP contribution in [0.5, 0.6) is 0 Å². The second-order valence-corrected chi connectivity index (χ2v) is 4.95. The topological polar surface area (TPSA) is 78.4 Å². The maximum atomic E-state index is 11.6. The number of halogens is 1. The van der Waals surface area contributed by atoms with Crippen LogP contribution in [0.25, 0.3) is 0 Å². The van der Waals surface area contributed by atoms with Gasteiger partial charge in [0.2, 0.25) is 0 Å². The van der Waals surface area contributed by atoms with Crippen molar-refractivity contribution >= 4 is 23.6 Å².